The Morgan fingerprint density at radius 2 is 1.79 bits per heavy atom. The molecular weight excluding hydrogens is 432 g/mol. The van der Waals surface area contributed by atoms with Crippen LogP contribution in [0.25, 0.3) is 6.08 Å². The maximum atomic E-state index is 12.7. The van der Waals surface area contributed by atoms with Gasteiger partial charge in [0.1, 0.15) is 18.2 Å². The van der Waals surface area contributed by atoms with Crippen LogP contribution < -0.4 is 14.8 Å². The Kier molecular flexibility index (Phi) is 8.03. The van der Waals surface area contributed by atoms with Crippen LogP contribution in [0.2, 0.25) is 0 Å². The minimum absolute atomic E-state index is 0.0415. The summed E-state index contributed by atoms with van der Waals surface area (Å²) in [5.74, 6) is -0.572. The lowest BCUT2D eigenvalue weighted by Crippen LogP contribution is -2.14. The second-order valence-electron chi connectivity index (χ2n) is 7.34. The summed E-state index contributed by atoms with van der Waals surface area (Å²) in [5.41, 5.74) is 3.22. The molecule has 3 aromatic rings. The van der Waals surface area contributed by atoms with Crippen molar-refractivity contribution in [2.24, 2.45) is 0 Å². The number of anilines is 1. The van der Waals surface area contributed by atoms with E-state index in [1.807, 2.05) is 31.2 Å². The molecule has 0 aliphatic heterocycles. The maximum Gasteiger partial charge on any atom is 0.335 e. The van der Waals surface area contributed by atoms with Gasteiger partial charge in [0.2, 0.25) is 0 Å². The highest BCUT2D eigenvalue weighted by molar-refractivity contribution is 6.10. The van der Waals surface area contributed by atoms with Gasteiger partial charge in [-0.05, 0) is 59.5 Å². The summed E-state index contributed by atoms with van der Waals surface area (Å²) < 4.78 is 11.2. The average molecular weight is 456 g/mol. The van der Waals surface area contributed by atoms with E-state index in [4.69, 9.17) is 14.6 Å². The molecule has 7 nitrogen and oxygen atoms in total. The number of para-hydroxylation sites is 1. The fourth-order valence-corrected chi connectivity index (χ4v) is 3.25. The van der Waals surface area contributed by atoms with Gasteiger partial charge in [0.05, 0.1) is 12.7 Å². The van der Waals surface area contributed by atoms with Crippen LogP contribution in [0, 0.1) is 11.3 Å². The highest BCUT2D eigenvalue weighted by Gasteiger charge is 2.13. The van der Waals surface area contributed by atoms with E-state index in [2.05, 4.69) is 5.32 Å². The quantitative estimate of drug-likeness (QED) is 0.343. The van der Waals surface area contributed by atoms with Gasteiger partial charge in [-0.25, -0.2) is 4.79 Å². The molecule has 0 radical (unpaired) electrons. The van der Waals surface area contributed by atoms with Crippen LogP contribution in [0.3, 0.4) is 0 Å². The van der Waals surface area contributed by atoms with E-state index in [0.717, 1.165) is 17.5 Å². The minimum atomic E-state index is -0.988. The number of carbonyl (C=O) groups is 2. The van der Waals surface area contributed by atoms with Crippen LogP contribution in [-0.4, -0.2) is 24.1 Å². The Morgan fingerprint density at radius 1 is 1.06 bits per heavy atom. The number of methoxy groups -OCH3 is 1. The van der Waals surface area contributed by atoms with Crippen molar-refractivity contribution in [3.63, 3.8) is 0 Å². The molecule has 172 valence electrons. The molecule has 3 aromatic carbocycles. The van der Waals surface area contributed by atoms with Crippen LogP contribution in [0.5, 0.6) is 11.5 Å². The normalized spacial score (nSPS) is 10.8. The summed E-state index contributed by atoms with van der Waals surface area (Å²) in [4.78, 5) is 23.6. The van der Waals surface area contributed by atoms with Gasteiger partial charge in [0.25, 0.3) is 5.91 Å². The van der Waals surface area contributed by atoms with E-state index in [0.29, 0.717) is 22.7 Å². The van der Waals surface area contributed by atoms with Crippen molar-refractivity contribution < 1.29 is 24.2 Å². The molecule has 2 N–H and O–H groups in total. The van der Waals surface area contributed by atoms with Crippen LogP contribution in [-0.2, 0) is 17.8 Å². The standard InChI is InChI=1S/C27H24N2O5/c1-3-20-6-4-5-7-23(20)29-26(30)22(16-28)14-19-10-13-24(25(15-19)33-2)34-17-18-8-11-21(12-9-18)27(31)32/h4-15H,3,17H2,1-2H3,(H,29,30)(H,31,32)/b22-14+. The van der Waals surface area contributed by atoms with E-state index in [1.54, 1.807) is 36.4 Å². The van der Waals surface area contributed by atoms with Crippen molar-refractivity contribution in [3.8, 4) is 17.6 Å². The van der Waals surface area contributed by atoms with Crippen molar-refractivity contribution in [2.45, 2.75) is 20.0 Å². The molecule has 34 heavy (non-hydrogen) atoms. The molecule has 0 saturated carbocycles. The van der Waals surface area contributed by atoms with Crippen molar-refractivity contribution in [2.75, 3.05) is 12.4 Å². The molecule has 0 aliphatic carbocycles. The van der Waals surface area contributed by atoms with E-state index < -0.39 is 11.9 Å². The van der Waals surface area contributed by atoms with E-state index in [-0.39, 0.29) is 17.7 Å². The van der Waals surface area contributed by atoms with Gasteiger partial charge in [0, 0.05) is 5.69 Å². The first-order valence-corrected chi connectivity index (χ1v) is 10.6. The lowest BCUT2D eigenvalue weighted by Gasteiger charge is -2.12. The highest BCUT2D eigenvalue weighted by Crippen LogP contribution is 2.30. The van der Waals surface area contributed by atoms with Crippen molar-refractivity contribution in [1.82, 2.24) is 0 Å². The number of nitrogens with zero attached hydrogens (tertiary/aromatic N) is 1. The molecule has 0 aromatic heterocycles. The molecule has 1 amide bonds. The third-order valence-corrected chi connectivity index (χ3v) is 5.11. The van der Waals surface area contributed by atoms with Crippen molar-refractivity contribution in [1.29, 1.82) is 5.26 Å². The number of hydrogen-bond acceptors (Lipinski definition) is 5. The number of benzene rings is 3. The fourth-order valence-electron chi connectivity index (χ4n) is 3.25. The Morgan fingerprint density at radius 3 is 2.44 bits per heavy atom. The SMILES string of the molecule is CCc1ccccc1NC(=O)/C(C#N)=C/c1ccc(OCc2ccc(C(=O)O)cc2)c(OC)c1. The summed E-state index contributed by atoms with van der Waals surface area (Å²) in [7, 11) is 1.50. The predicted octanol–water partition coefficient (Wildman–Crippen LogP) is 5.08. The number of aromatic carboxylic acids is 1. The molecule has 0 fully saturated rings. The largest absolute Gasteiger partial charge is 0.493 e. The monoisotopic (exact) mass is 456 g/mol. The molecule has 0 saturated heterocycles. The molecule has 0 atom stereocenters. The van der Waals surface area contributed by atoms with E-state index >= 15 is 0 Å². The number of amides is 1. The molecule has 7 heteroatoms. The molecule has 0 bridgehead atoms. The third-order valence-electron chi connectivity index (χ3n) is 5.11. The zero-order valence-corrected chi connectivity index (χ0v) is 18.9. The number of carboxylic acids is 1. The molecule has 0 unspecified atom stereocenters. The van der Waals surface area contributed by atoms with Crippen molar-refractivity contribution >= 4 is 23.6 Å². The van der Waals surface area contributed by atoms with Gasteiger partial charge in [0.15, 0.2) is 11.5 Å². The molecule has 0 aliphatic rings. The van der Waals surface area contributed by atoms with Crippen LogP contribution in [0.1, 0.15) is 34.0 Å². The second-order valence-corrected chi connectivity index (χ2v) is 7.34. The van der Waals surface area contributed by atoms with Gasteiger partial charge in [-0.2, -0.15) is 5.26 Å². The average Bonchev–Trinajstić information content (AvgIpc) is 2.86. The highest BCUT2D eigenvalue weighted by atomic mass is 16.5. The number of nitriles is 1. The molecule has 0 heterocycles. The van der Waals surface area contributed by atoms with E-state index in [9.17, 15) is 14.9 Å². The Hall–Kier alpha value is -4.57. The van der Waals surface area contributed by atoms with Crippen LogP contribution in [0.15, 0.2) is 72.3 Å². The lowest BCUT2D eigenvalue weighted by molar-refractivity contribution is -0.112. The topological polar surface area (TPSA) is 109 Å². The summed E-state index contributed by atoms with van der Waals surface area (Å²) >= 11 is 0. The Labute approximate surface area is 197 Å². The number of carbonyl (C=O) groups excluding carboxylic acids is 1. The summed E-state index contributed by atoms with van der Waals surface area (Å²) in [5, 5.41) is 21.3. The third kappa shape index (κ3) is 6.02. The zero-order valence-electron chi connectivity index (χ0n) is 18.9. The van der Waals surface area contributed by atoms with E-state index in [1.165, 1.54) is 25.3 Å². The zero-order chi connectivity index (χ0) is 24.5. The smallest absolute Gasteiger partial charge is 0.335 e. The van der Waals surface area contributed by atoms with Crippen LogP contribution in [0.4, 0.5) is 5.69 Å². The van der Waals surface area contributed by atoms with Crippen LogP contribution >= 0.6 is 0 Å². The number of carboxylic acid groups (broad SMARTS) is 1. The maximum absolute atomic E-state index is 12.7. The van der Waals surface area contributed by atoms with Gasteiger partial charge < -0.3 is 19.9 Å². The van der Waals surface area contributed by atoms with Gasteiger partial charge in [-0.1, -0.05) is 43.3 Å². The summed E-state index contributed by atoms with van der Waals surface area (Å²) in [6.07, 6.45) is 2.24. The Bertz CT molecular complexity index is 1260. The lowest BCUT2D eigenvalue weighted by atomic mass is 10.1. The molecule has 3 rings (SSSR count). The van der Waals surface area contributed by atoms with Gasteiger partial charge in [-0.15, -0.1) is 0 Å². The second kappa shape index (κ2) is 11.3. The minimum Gasteiger partial charge on any atom is -0.493 e. The van der Waals surface area contributed by atoms with Gasteiger partial charge >= 0.3 is 5.97 Å². The number of rotatable bonds is 9. The molecular formula is C27H24N2O5. The fraction of sp³-hybridized carbons (Fsp3) is 0.148. The first-order valence-electron chi connectivity index (χ1n) is 10.6. The number of nitrogens with one attached hydrogen (secondary N) is 1. The predicted molar refractivity (Wildman–Crippen MR) is 129 cm³/mol. The van der Waals surface area contributed by atoms with Crippen molar-refractivity contribution in [3.05, 3.63) is 94.6 Å². The first-order chi connectivity index (χ1) is 16.4. The number of hydrogen-bond donors (Lipinski definition) is 2. The molecule has 0 spiro atoms. The number of aryl methyl sites for hydroxylation is 1. The number of ether oxygens (including phenoxy) is 2. The van der Waals surface area contributed by atoms with Gasteiger partial charge in [-0.3, -0.25) is 4.79 Å². The summed E-state index contributed by atoms with van der Waals surface area (Å²) in [6, 6.07) is 20.9. The Balaban J connectivity index is 1.74. The summed E-state index contributed by atoms with van der Waals surface area (Å²) in [6.45, 7) is 2.21. The first kappa shape index (κ1) is 24.1.